The van der Waals surface area contributed by atoms with Crippen molar-refractivity contribution < 1.29 is 8.42 Å². The lowest BCUT2D eigenvalue weighted by molar-refractivity contribution is 0.599. The van der Waals surface area contributed by atoms with Gasteiger partial charge in [-0.1, -0.05) is 6.82 Å². The average molecular weight is 198 g/mol. The van der Waals surface area contributed by atoms with Crippen LogP contribution in [-0.2, 0) is 15.6 Å². The fourth-order valence-corrected chi connectivity index (χ4v) is 1.49. The molecule has 0 amide bonds. The van der Waals surface area contributed by atoms with E-state index in [1.165, 1.54) is 6.26 Å². The first kappa shape index (κ1) is 10.2. The molecule has 0 aromatic carbocycles. The van der Waals surface area contributed by atoms with Gasteiger partial charge >= 0.3 is 0 Å². The second kappa shape index (κ2) is 3.87. The molecule has 0 radical (unpaired) electrons. The Morgan fingerprint density at radius 1 is 1.38 bits per heavy atom. The number of rotatable bonds is 3. The Balaban J connectivity index is 2.81. The highest BCUT2D eigenvalue weighted by Crippen LogP contribution is 1.94. The van der Waals surface area contributed by atoms with Gasteiger partial charge in [-0.25, -0.2) is 18.4 Å². The monoisotopic (exact) mass is 198 g/mol. The van der Waals surface area contributed by atoms with Crippen molar-refractivity contribution in [1.82, 2.24) is 9.97 Å². The van der Waals surface area contributed by atoms with Crippen LogP contribution in [0.4, 0.5) is 0 Å². The van der Waals surface area contributed by atoms with E-state index in [1.54, 1.807) is 12.4 Å². The third-order valence-corrected chi connectivity index (χ3v) is 2.34. The van der Waals surface area contributed by atoms with E-state index >= 15 is 0 Å². The Bertz CT molecular complexity index is 374. The van der Waals surface area contributed by atoms with Crippen LogP contribution in [0.1, 0.15) is 5.82 Å². The van der Waals surface area contributed by atoms with Gasteiger partial charge in [-0.05, 0) is 5.46 Å². The van der Waals surface area contributed by atoms with Crippen LogP contribution in [0.2, 0.25) is 6.82 Å². The van der Waals surface area contributed by atoms with Crippen molar-refractivity contribution in [3.63, 3.8) is 0 Å². The molecule has 6 heteroatoms. The largest absolute Gasteiger partial charge is 0.241 e. The van der Waals surface area contributed by atoms with Crippen LogP contribution in [0.3, 0.4) is 0 Å². The topological polar surface area (TPSA) is 59.9 Å². The summed E-state index contributed by atoms with van der Waals surface area (Å²) >= 11 is 0. The lowest BCUT2D eigenvalue weighted by atomic mass is 9.75. The summed E-state index contributed by atoms with van der Waals surface area (Å²) in [4.78, 5) is 7.89. The maximum Gasteiger partial charge on any atom is 0.158 e. The van der Waals surface area contributed by atoms with E-state index in [0.29, 0.717) is 5.82 Å². The molecule has 13 heavy (non-hydrogen) atoms. The molecule has 0 fully saturated rings. The molecule has 1 aromatic heterocycles. The SMILES string of the molecule is CBc1cnc(CS(C)(=O)=O)nc1. The molecule has 0 aliphatic rings. The zero-order chi connectivity index (χ0) is 9.90. The molecule has 1 aromatic rings. The number of hydrogen-bond acceptors (Lipinski definition) is 4. The van der Waals surface area contributed by atoms with Crippen molar-refractivity contribution in [2.24, 2.45) is 0 Å². The van der Waals surface area contributed by atoms with Crippen molar-refractivity contribution in [1.29, 1.82) is 0 Å². The number of hydrogen-bond donors (Lipinski definition) is 0. The summed E-state index contributed by atoms with van der Waals surface area (Å²) in [5, 5.41) is 0. The quantitative estimate of drug-likeness (QED) is 0.592. The van der Waals surface area contributed by atoms with E-state index in [1.807, 2.05) is 6.82 Å². The Kier molecular flexibility index (Phi) is 3.03. The molecule has 0 spiro atoms. The summed E-state index contributed by atoms with van der Waals surface area (Å²) in [6, 6.07) is 0. The van der Waals surface area contributed by atoms with E-state index in [9.17, 15) is 8.42 Å². The molecule has 0 N–H and O–H groups in total. The number of nitrogens with zero attached hydrogens (tertiary/aromatic N) is 2. The zero-order valence-corrected chi connectivity index (χ0v) is 8.50. The molecule has 0 saturated carbocycles. The molecular formula is C7H11BN2O2S. The Labute approximate surface area is 78.6 Å². The lowest BCUT2D eigenvalue weighted by Crippen LogP contribution is -2.15. The van der Waals surface area contributed by atoms with Crippen LogP contribution in [0.25, 0.3) is 0 Å². The van der Waals surface area contributed by atoms with Gasteiger partial charge in [0.1, 0.15) is 11.6 Å². The number of aromatic nitrogens is 2. The van der Waals surface area contributed by atoms with Crippen LogP contribution in [0.5, 0.6) is 0 Å². The summed E-state index contributed by atoms with van der Waals surface area (Å²) < 4.78 is 21.8. The Morgan fingerprint density at radius 3 is 2.31 bits per heavy atom. The normalized spacial score (nSPS) is 11.2. The molecule has 0 aliphatic carbocycles. The van der Waals surface area contributed by atoms with Crippen LogP contribution in [0, 0.1) is 0 Å². The summed E-state index contributed by atoms with van der Waals surface area (Å²) in [6.07, 6.45) is 4.49. The summed E-state index contributed by atoms with van der Waals surface area (Å²) in [6.45, 7) is 1.99. The molecule has 1 rings (SSSR count). The molecule has 70 valence electrons. The standard InChI is InChI=1S/C7H11BN2O2S/c1-8-6-3-9-7(10-4-6)5-13(2,11)12/h3-4,8H,5H2,1-2H3. The minimum absolute atomic E-state index is 0.0863. The van der Waals surface area contributed by atoms with Gasteiger partial charge in [-0.15, -0.1) is 0 Å². The van der Waals surface area contributed by atoms with Gasteiger partial charge in [0.2, 0.25) is 0 Å². The van der Waals surface area contributed by atoms with Crippen LogP contribution in [-0.4, -0.2) is 31.9 Å². The maximum atomic E-state index is 10.9. The van der Waals surface area contributed by atoms with E-state index in [4.69, 9.17) is 0 Å². The minimum Gasteiger partial charge on any atom is -0.241 e. The smallest absolute Gasteiger partial charge is 0.158 e. The van der Waals surface area contributed by atoms with Crippen molar-refractivity contribution in [3.8, 4) is 0 Å². The summed E-state index contributed by atoms with van der Waals surface area (Å²) in [5.74, 6) is 0.275. The highest BCUT2D eigenvalue weighted by atomic mass is 32.2. The molecule has 0 unspecified atom stereocenters. The van der Waals surface area contributed by atoms with Crippen molar-refractivity contribution in [2.45, 2.75) is 12.6 Å². The second-order valence-electron chi connectivity index (χ2n) is 2.93. The molecule has 4 nitrogen and oxygen atoms in total. The molecule has 1 heterocycles. The first-order chi connectivity index (χ1) is 6.01. The first-order valence-corrected chi connectivity index (χ1v) is 6.05. The second-order valence-corrected chi connectivity index (χ2v) is 5.07. The molecule has 0 bridgehead atoms. The summed E-state index contributed by atoms with van der Waals surface area (Å²) in [7, 11) is -2.16. The van der Waals surface area contributed by atoms with Gasteiger partial charge in [0.05, 0.1) is 0 Å². The Morgan fingerprint density at radius 2 is 1.92 bits per heavy atom. The Hall–Kier alpha value is -0.905. The highest BCUT2D eigenvalue weighted by Gasteiger charge is 2.06. The average Bonchev–Trinajstić information content (AvgIpc) is 2.03. The molecule has 0 atom stereocenters. The minimum atomic E-state index is -3.02. The van der Waals surface area contributed by atoms with E-state index in [0.717, 1.165) is 12.7 Å². The fraction of sp³-hybridized carbons (Fsp3) is 0.429. The third kappa shape index (κ3) is 3.54. The lowest BCUT2D eigenvalue weighted by Gasteiger charge is -1.98. The molecular weight excluding hydrogens is 187 g/mol. The predicted molar refractivity (Wildman–Crippen MR) is 53.2 cm³/mol. The van der Waals surface area contributed by atoms with Crippen molar-refractivity contribution in [2.75, 3.05) is 6.26 Å². The van der Waals surface area contributed by atoms with Gasteiger partial charge in [0.15, 0.2) is 17.1 Å². The van der Waals surface area contributed by atoms with Crippen molar-refractivity contribution in [3.05, 3.63) is 18.2 Å². The molecule has 0 aliphatic heterocycles. The van der Waals surface area contributed by atoms with Crippen LogP contribution in [0.15, 0.2) is 12.4 Å². The summed E-state index contributed by atoms with van der Waals surface area (Å²) in [5.41, 5.74) is 1.01. The highest BCUT2D eigenvalue weighted by molar-refractivity contribution is 7.89. The first-order valence-electron chi connectivity index (χ1n) is 3.99. The van der Waals surface area contributed by atoms with Crippen LogP contribution < -0.4 is 5.46 Å². The van der Waals surface area contributed by atoms with Gasteiger partial charge in [0.25, 0.3) is 0 Å². The van der Waals surface area contributed by atoms with Crippen LogP contribution >= 0.6 is 0 Å². The maximum absolute atomic E-state index is 10.9. The van der Waals surface area contributed by atoms with Gasteiger partial charge in [-0.3, -0.25) is 0 Å². The van der Waals surface area contributed by atoms with Gasteiger partial charge in [0, 0.05) is 18.6 Å². The van der Waals surface area contributed by atoms with Gasteiger partial charge < -0.3 is 0 Å². The van der Waals surface area contributed by atoms with E-state index in [2.05, 4.69) is 9.97 Å². The van der Waals surface area contributed by atoms with E-state index in [-0.39, 0.29) is 5.75 Å². The van der Waals surface area contributed by atoms with Gasteiger partial charge in [-0.2, -0.15) is 0 Å². The zero-order valence-electron chi connectivity index (χ0n) is 7.69. The van der Waals surface area contributed by atoms with E-state index < -0.39 is 9.84 Å². The fourth-order valence-electron chi connectivity index (χ4n) is 0.873. The number of sulfone groups is 1. The predicted octanol–water partition coefficient (Wildman–Crippen LogP) is -0.869. The van der Waals surface area contributed by atoms with Crippen molar-refractivity contribution >= 4 is 22.6 Å². The molecule has 0 saturated heterocycles. The third-order valence-electron chi connectivity index (χ3n) is 1.56.